The molecule has 98 valence electrons. The Morgan fingerprint density at radius 2 is 2.17 bits per heavy atom. The first kappa shape index (κ1) is 12.6. The van der Waals surface area contributed by atoms with E-state index in [0.29, 0.717) is 0 Å². The van der Waals surface area contributed by atoms with Crippen molar-refractivity contribution in [3.05, 3.63) is 28.3 Å². The molecule has 0 radical (unpaired) electrons. The number of hydrogen-bond acceptors (Lipinski definition) is 5. The third kappa shape index (κ3) is 2.89. The molecule has 1 amide bonds. The van der Waals surface area contributed by atoms with Crippen LogP contribution >= 0.6 is 0 Å². The van der Waals surface area contributed by atoms with Gasteiger partial charge in [-0.05, 0) is 12.8 Å². The molecule has 1 aliphatic heterocycles. The lowest BCUT2D eigenvalue weighted by atomic mass is 10.4. The van der Waals surface area contributed by atoms with Crippen LogP contribution in [0.25, 0.3) is 0 Å². The molecule has 1 aromatic heterocycles. The second-order valence-corrected chi connectivity index (χ2v) is 4.11. The second kappa shape index (κ2) is 5.68. The minimum absolute atomic E-state index is 0.0141. The minimum atomic E-state index is -0.403. The van der Waals surface area contributed by atoms with Crippen molar-refractivity contribution in [1.29, 1.82) is 0 Å². The van der Waals surface area contributed by atoms with E-state index < -0.39 is 5.43 Å². The fraction of sp³-hybridized carbons (Fsp3) is 0.500. The number of amides is 1. The highest BCUT2D eigenvalue weighted by molar-refractivity contribution is 5.77. The van der Waals surface area contributed by atoms with Crippen molar-refractivity contribution in [1.82, 2.24) is 4.90 Å². The number of carbonyl (C=O) groups excluding carboxylic acids is 1. The van der Waals surface area contributed by atoms with Gasteiger partial charge >= 0.3 is 0 Å². The highest BCUT2D eigenvalue weighted by Crippen LogP contribution is 2.09. The molecule has 0 saturated carbocycles. The summed E-state index contributed by atoms with van der Waals surface area (Å²) in [5.41, 5.74) is -0.403. The Morgan fingerprint density at radius 1 is 1.44 bits per heavy atom. The van der Waals surface area contributed by atoms with Gasteiger partial charge in [0.1, 0.15) is 18.6 Å². The summed E-state index contributed by atoms with van der Waals surface area (Å²) in [6.45, 7) is 0.992. The molecule has 0 aromatic carbocycles. The van der Waals surface area contributed by atoms with Gasteiger partial charge in [0.15, 0.2) is 6.61 Å². The summed E-state index contributed by atoms with van der Waals surface area (Å²) in [4.78, 5) is 24.9. The number of aliphatic hydroxyl groups is 1. The van der Waals surface area contributed by atoms with Crippen LogP contribution in [0.5, 0.6) is 5.75 Å². The Morgan fingerprint density at radius 3 is 2.78 bits per heavy atom. The average Bonchev–Trinajstić information content (AvgIpc) is 2.90. The lowest BCUT2D eigenvalue weighted by molar-refractivity contribution is -0.132. The first-order valence-corrected chi connectivity index (χ1v) is 5.84. The van der Waals surface area contributed by atoms with Gasteiger partial charge in [-0.3, -0.25) is 9.59 Å². The van der Waals surface area contributed by atoms with Crippen molar-refractivity contribution < 1.29 is 19.1 Å². The maximum atomic E-state index is 11.7. The first-order valence-electron chi connectivity index (χ1n) is 5.84. The largest absolute Gasteiger partial charge is 0.477 e. The molecular formula is C12H15NO5. The molecule has 0 atom stereocenters. The summed E-state index contributed by atoms with van der Waals surface area (Å²) in [7, 11) is 0. The second-order valence-electron chi connectivity index (χ2n) is 4.11. The van der Waals surface area contributed by atoms with Crippen LogP contribution in [0.3, 0.4) is 0 Å². The van der Waals surface area contributed by atoms with Crippen LogP contribution in [0.15, 0.2) is 21.5 Å². The normalized spacial score (nSPS) is 14.8. The minimum Gasteiger partial charge on any atom is -0.477 e. The number of hydrogen-bond donors (Lipinski definition) is 1. The molecule has 0 bridgehead atoms. The number of ether oxygens (including phenoxy) is 1. The molecule has 2 rings (SSSR count). The van der Waals surface area contributed by atoms with Gasteiger partial charge < -0.3 is 19.2 Å². The predicted molar refractivity (Wildman–Crippen MR) is 62.2 cm³/mol. The van der Waals surface area contributed by atoms with Crippen LogP contribution in [-0.4, -0.2) is 35.6 Å². The summed E-state index contributed by atoms with van der Waals surface area (Å²) in [5.74, 6) is 0.0242. The molecule has 2 heterocycles. The van der Waals surface area contributed by atoms with Crippen molar-refractivity contribution in [2.45, 2.75) is 19.4 Å². The summed E-state index contributed by atoms with van der Waals surface area (Å²) >= 11 is 0. The molecule has 18 heavy (non-hydrogen) atoms. The first-order chi connectivity index (χ1) is 8.70. The number of aliphatic hydroxyl groups excluding tert-OH is 1. The van der Waals surface area contributed by atoms with Crippen molar-refractivity contribution in [2.75, 3.05) is 19.7 Å². The van der Waals surface area contributed by atoms with Gasteiger partial charge in [0.25, 0.3) is 5.91 Å². The quantitative estimate of drug-likeness (QED) is 0.825. The van der Waals surface area contributed by atoms with Crippen molar-refractivity contribution in [3.63, 3.8) is 0 Å². The zero-order valence-electron chi connectivity index (χ0n) is 9.92. The van der Waals surface area contributed by atoms with E-state index in [1.54, 1.807) is 4.90 Å². The highest BCUT2D eigenvalue weighted by atomic mass is 16.5. The maximum Gasteiger partial charge on any atom is 0.260 e. The third-order valence-corrected chi connectivity index (χ3v) is 2.82. The molecule has 0 spiro atoms. The zero-order valence-corrected chi connectivity index (χ0v) is 9.92. The summed E-state index contributed by atoms with van der Waals surface area (Å²) < 4.78 is 10.1. The predicted octanol–water partition coefficient (Wildman–Crippen LogP) is 0.133. The van der Waals surface area contributed by atoms with E-state index in [0.717, 1.165) is 38.3 Å². The lowest BCUT2D eigenvalue weighted by Gasteiger charge is -2.15. The molecule has 1 N–H and O–H groups in total. The maximum absolute atomic E-state index is 11.7. The van der Waals surface area contributed by atoms with Crippen molar-refractivity contribution in [3.8, 4) is 5.75 Å². The number of nitrogens with zero attached hydrogens (tertiary/aromatic N) is 1. The average molecular weight is 253 g/mol. The van der Waals surface area contributed by atoms with Gasteiger partial charge in [-0.25, -0.2) is 0 Å². The summed E-state index contributed by atoms with van der Waals surface area (Å²) in [6, 6.07) is 1.15. The van der Waals surface area contributed by atoms with Gasteiger partial charge in [0.2, 0.25) is 11.2 Å². The highest BCUT2D eigenvalue weighted by Gasteiger charge is 2.18. The molecule has 1 fully saturated rings. The molecule has 1 aliphatic rings. The van der Waals surface area contributed by atoms with Crippen LogP contribution in [0.4, 0.5) is 0 Å². The van der Waals surface area contributed by atoms with Crippen LogP contribution in [0, 0.1) is 0 Å². The molecule has 1 aromatic rings. The van der Waals surface area contributed by atoms with Gasteiger partial charge in [-0.1, -0.05) is 0 Å². The van der Waals surface area contributed by atoms with E-state index in [-0.39, 0.29) is 30.6 Å². The van der Waals surface area contributed by atoms with Gasteiger partial charge in [-0.2, -0.15) is 0 Å². The molecule has 6 heteroatoms. The Balaban J connectivity index is 1.93. The zero-order chi connectivity index (χ0) is 13.0. The monoisotopic (exact) mass is 253 g/mol. The number of rotatable bonds is 4. The van der Waals surface area contributed by atoms with Crippen LogP contribution in [0.2, 0.25) is 0 Å². The summed E-state index contributed by atoms with van der Waals surface area (Å²) in [5, 5.41) is 8.78. The Kier molecular flexibility index (Phi) is 3.99. The van der Waals surface area contributed by atoms with Crippen LogP contribution in [-0.2, 0) is 11.4 Å². The van der Waals surface area contributed by atoms with Crippen molar-refractivity contribution >= 4 is 5.91 Å². The SMILES string of the molecule is O=C(COc1coc(CO)cc1=O)N1CCCC1. The molecule has 6 nitrogen and oxygen atoms in total. The van der Waals surface area contributed by atoms with E-state index in [4.69, 9.17) is 14.3 Å². The fourth-order valence-electron chi connectivity index (χ4n) is 1.82. The molecular weight excluding hydrogens is 238 g/mol. The Labute approximate surface area is 104 Å². The van der Waals surface area contributed by atoms with E-state index in [9.17, 15) is 9.59 Å². The third-order valence-electron chi connectivity index (χ3n) is 2.82. The standard InChI is InChI=1S/C12H15NO5/c14-6-9-5-10(15)11(7-17-9)18-8-12(16)13-3-1-2-4-13/h5,7,14H,1-4,6,8H2. The Bertz CT molecular complexity index is 476. The fourth-order valence-corrected chi connectivity index (χ4v) is 1.82. The number of likely N-dealkylation sites (tertiary alicyclic amines) is 1. The van der Waals surface area contributed by atoms with E-state index >= 15 is 0 Å². The van der Waals surface area contributed by atoms with Gasteiger partial charge in [0.05, 0.1) is 0 Å². The van der Waals surface area contributed by atoms with Gasteiger partial charge in [0, 0.05) is 19.2 Å². The van der Waals surface area contributed by atoms with Crippen LogP contribution in [0.1, 0.15) is 18.6 Å². The number of carbonyl (C=O) groups is 1. The topological polar surface area (TPSA) is 80.0 Å². The molecule has 0 unspecified atom stereocenters. The van der Waals surface area contributed by atoms with E-state index in [1.807, 2.05) is 0 Å². The Hall–Kier alpha value is -1.82. The molecule has 1 saturated heterocycles. The molecule has 0 aliphatic carbocycles. The summed E-state index contributed by atoms with van der Waals surface area (Å²) in [6.07, 6.45) is 3.14. The smallest absolute Gasteiger partial charge is 0.260 e. The van der Waals surface area contributed by atoms with Crippen LogP contribution < -0.4 is 10.2 Å². The van der Waals surface area contributed by atoms with Gasteiger partial charge in [-0.15, -0.1) is 0 Å². The van der Waals surface area contributed by atoms with E-state index in [1.165, 1.54) is 0 Å². The lowest BCUT2D eigenvalue weighted by Crippen LogP contribution is -2.32. The van der Waals surface area contributed by atoms with E-state index in [2.05, 4.69) is 0 Å². The van der Waals surface area contributed by atoms with Crippen molar-refractivity contribution in [2.24, 2.45) is 0 Å².